The van der Waals surface area contributed by atoms with Crippen LogP contribution in [-0.4, -0.2) is 36.2 Å². The summed E-state index contributed by atoms with van der Waals surface area (Å²) in [6.07, 6.45) is -0.503. The number of ether oxygens (including phenoxy) is 2. The molecule has 7 nitrogen and oxygen atoms in total. The number of para-hydroxylation sites is 1. The molecule has 2 rings (SSSR count). The lowest BCUT2D eigenvalue weighted by Crippen LogP contribution is -2.39. The third-order valence-corrected chi connectivity index (χ3v) is 2.92. The highest BCUT2D eigenvalue weighted by Crippen LogP contribution is 2.17. The maximum atomic E-state index is 12.2. The predicted molar refractivity (Wildman–Crippen MR) is 77.2 cm³/mol. The van der Waals surface area contributed by atoms with E-state index in [9.17, 15) is 14.4 Å². The Labute approximate surface area is 126 Å². The van der Waals surface area contributed by atoms with Crippen molar-refractivity contribution in [2.24, 2.45) is 0 Å². The van der Waals surface area contributed by atoms with Gasteiger partial charge >= 0.3 is 12.1 Å². The highest BCUT2D eigenvalue weighted by Gasteiger charge is 2.22. The van der Waals surface area contributed by atoms with Crippen molar-refractivity contribution in [2.45, 2.75) is 13.0 Å². The van der Waals surface area contributed by atoms with Gasteiger partial charge in [0.1, 0.15) is 0 Å². The molecule has 1 atom stereocenters. The average molecular weight is 302 g/mol. The monoisotopic (exact) mass is 302 g/mol. The second-order valence-electron chi connectivity index (χ2n) is 4.41. The van der Waals surface area contributed by atoms with Gasteiger partial charge in [-0.25, -0.2) is 9.59 Å². The quantitative estimate of drug-likeness (QED) is 0.866. The number of carbonyl (C=O) groups is 3. The molecule has 0 aliphatic rings. The summed E-state index contributed by atoms with van der Waals surface area (Å²) in [5.41, 5.74) is 0.728. The van der Waals surface area contributed by atoms with Crippen molar-refractivity contribution in [3.05, 3.63) is 42.1 Å². The Morgan fingerprint density at radius 1 is 1.18 bits per heavy atom. The predicted octanol–water partition coefficient (Wildman–Crippen LogP) is 1.66. The maximum absolute atomic E-state index is 12.2. The van der Waals surface area contributed by atoms with Gasteiger partial charge in [0.25, 0.3) is 5.91 Å². The van der Waals surface area contributed by atoms with Gasteiger partial charge in [-0.2, -0.15) is 0 Å². The molecule has 1 aromatic carbocycles. The molecule has 0 fully saturated rings. The number of pyridine rings is 1. The molecule has 1 N–H and O–H groups in total. The van der Waals surface area contributed by atoms with Crippen LogP contribution in [0.2, 0.25) is 0 Å². The molecule has 0 saturated carbocycles. The van der Waals surface area contributed by atoms with Crippen LogP contribution >= 0.6 is 0 Å². The van der Waals surface area contributed by atoms with E-state index in [2.05, 4.69) is 9.72 Å². The summed E-state index contributed by atoms with van der Waals surface area (Å²) in [5.74, 6) is -1.47. The highest BCUT2D eigenvalue weighted by molar-refractivity contribution is 6.04. The van der Waals surface area contributed by atoms with Crippen LogP contribution in [0.25, 0.3) is 10.9 Å². The van der Waals surface area contributed by atoms with Gasteiger partial charge in [-0.1, -0.05) is 18.2 Å². The van der Waals surface area contributed by atoms with Gasteiger partial charge in [-0.05, 0) is 19.1 Å². The van der Waals surface area contributed by atoms with Gasteiger partial charge in [0.2, 0.25) is 0 Å². The Kier molecular flexibility index (Phi) is 4.67. The summed E-state index contributed by atoms with van der Waals surface area (Å²) in [6, 6.07) is 8.63. The van der Waals surface area contributed by atoms with Crippen LogP contribution in [0, 0.1) is 0 Å². The van der Waals surface area contributed by atoms with E-state index >= 15 is 0 Å². The van der Waals surface area contributed by atoms with E-state index in [-0.39, 0.29) is 5.56 Å². The molecule has 7 heteroatoms. The SMILES string of the molecule is COC(=O)NC(=O)[C@H](C)OC(=O)c1cccc2cccnc12. The molecule has 0 unspecified atom stereocenters. The van der Waals surface area contributed by atoms with Crippen molar-refractivity contribution >= 4 is 28.9 Å². The summed E-state index contributed by atoms with van der Waals surface area (Å²) in [7, 11) is 1.13. The molecule has 0 bridgehead atoms. The van der Waals surface area contributed by atoms with Gasteiger partial charge in [-0.3, -0.25) is 15.1 Å². The van der Waals surface area contributed by atoms with E-state index in [1.807, 2.05) is 17.4 Å². The zero-order valence-corrected chi connectivity index (χ0v) is 12.0. The second kappa shape index (κ2) is 6.66. The van der Waals surface area contributed by atoms with Crippen LogP contribution in [0.3, 0.4) is 0 Å². The number of benzene rings is 1. The van der Waals surface area contributed by atoms with Gasteiger partial charge in [0, 0.05) is 11.6 Å². The summed E-state index contributed by atoms with van der Waals surface area (Å²) in [5, 5.41) is 2.71. The number of hydrogen-bond acceptors (Lipinski definition) is 6. The fourth-order valence-electron chi connectivity index (χ4n) is 1.80. The number of esters is 1. The van der Waals surface area contributed by atoms with Crippen molar-refractivity contribution < 1.29 is 23.9 Å². The maximum Gasteiger partial charge on any atom is 0.413 e. The first-order valence-electron chi connectivity index (χ1n) is 6.46. The van der Waals surface area contributed by atoms with Crippen molar-refractivity contribution in [1.29, 1.82) is 0 Å². The van der Waals surface area contributed by atoms with Crippen LogP contribution in [-0.2, 0) is 14.3 Å². The van der Waals surface area contributed by atoms with E-state index in [1.165, 1.54) is 6.92 Å². The molecule has 2 amide bonds. The molecular formula is C15H14N2O5. The van der Waals surface area contributed by atoms with Gasteiger partial charge in [0.15, 0.2) is 6.10 Å². The van der Waals surface area contributed by atoms with Gasteiger partial charge in [0.05, 0.1) is 18.2 Å². The molecule has 2 aromatic rings. The van der Waals surface area contributed by atoms with Crippen molar-refractivity contribution in [3.8, 4) is 0 Å². The Bertz CT molecular complexity index is 723. The van der Waals surface area contributed by atoms with E-state index < -0.39 is 24.1 Å². The molecule has 1 aromatic heterocycles. The molecule has 0 radical (unpaired) electrons. The largest absolute Gasteiger partial charge is 0.453 e. The Morgan fingerprint density at radius 2 is 1.91 bits per heavy atom. The summed E-state index contributed by atoms with van der Waals surface area (Å²) in [6.45, 7) is 1.36. The zero-order valence-electron chi connectivity index (χ0n) is 12.0. The van der Waals surface area contributed by atoms with E-state index in [1.54, 1.807) is 24.4 Å². The molecule has 0 aliphatic heterocycles. The molecule has 0 aliphatic carbocycles. The van der Waals surface area contributed by atoms with Crippen molar-refractivity contribution in [2.75, 3.05) is 7.11 Å². The first-order valence-corrected chi connectivity index (χ1v) is 6.46. The third-order valence-electron chi connectivity index (χ3n) is 2.92. The summed E-state index contributed by atoms with van der Waals surface area (Å²) < 4.78 is 9.35. The van der Waals surface area contributed by atoms with E-state index in [0.717, 1.165) is 12.5 Å². The minimum atomic E-state index is -1.15. The lowest BCUT2D eigenvalue weighted by atomic mass is 10.1. The van der Waals surface area contributed by atoms with Crippen LogP contribution in [0.15, 0.2) is 36.5 Å². The van der Waals surface area contributed by atoms with Gasteiger partial charge < -0.3 is 9.47 Å². The van der Waals surface area contributed by atoms with Crippen molar-refractivity contribution in [3.63, 3.8) is 0 Å². The number of methoxy groups -OCH3 is 1. The van der Waals surface area contributed by atoms with Crippen LogP contribution < -0.4 is 5.32 Å². The number of nitrogens with zero attached hydrogens (tertiary/aromatic N) is 1. The second-order valence-corrected chi connectivity index (χ2v) is 4.41. The molecule has 22 heavy (non-hydrogen) atoms. The van der Waals surface area contributed by atoms with Crippen LogP contribution in [0.4, 0.5) is 4.79 Å². The smallest absolute Gasteiger partial charge is 0.413 e. The summed E-state index contributed by atoms with van der Waals surface area (Å²) in [4.78, 5) is 38.9. The number of aromatic nitrogens is 1. The molecule has 1 heterocycles. The lowest BCUT2D eigenvalue weighted by Gasteiger charge is -2.13. The van der Waals surface area contributed by atoms with Gasteiger partial charge in [-0.15, -0.1) is 0 Å². The fourth-order valence-corrected chi connectivity index (χ4v) is 1.80. The first-order chi connectivity index (χ1) is 10.5. The third kappa shape index (κ3) is 3.38. The number of hydrogen-bond donors (Lipinski definition) is 1. The summed E-state index contributed by atoms with van der Waals surface area (Å²) >= 11 is 0. The fraction of sp³-hybridized carbons (Fsp3) is 0.200. The van der Waals surface area contributed by atoms with E-state index in [4.69, 9.17) is 4.74 Å². The van der Waals surface area contributed by atoms with Crippen molar-refractivity contribution in [1.82, 2.24) is 10.3 Å². The minimum Gasteiger partial charge on any atom is -0.453 e. The van der Waals surface area contributed by atoms with Crippen LogP contribution in [0.5, 0.6) is 0 Å². The Morgan fingerprint density at radius 3 is 2.64 bits per heavy atom. The standard InChI is InChI=1S/C15H14N2O5/c1-9(13(18)17-15(20)21-2)22-14(19)11-7-3-5-10-6-4-8-16-12(10)11/h3-9H,1-2H3,(H,17,18,20)/t9-/m0/s1. The lowest BCUT2D eigenvalue weighted by molar-refractivity contribution is -0.128. The molecule has 0 saturated heterocycles. The number of nitrogens with one attached hydrogen (secondary N) is 1. The number of rotatable bonds is 3. The number of alkyl carbamates (subject to hydrolysis) is 1. The van der Waals surface area contributed by atoms with E-state index in [0.29, 0.717) is 5.52 Å². The Hall–Kier alpha value is -2.96. The molecule has 0 spiro atoms. The molecule has 114 valence electrons. The normalized spacial score (nSPS) is 11.5. The highest BCUT2D eigenvalue weighted by atomic mass is 16.6. The number of amides is 2. The average Bonchev–Trinajstić information content (AvgIpc) is 2.53. The number of carbonyl (C=O) groups excluding carboxylic acids is 3. The first kappa shape index (κ1) is 15.4. The number of fused-ring (bicyclic) bond motifs is 1. The zero-order chi connectivity index (χ0) is 16.1. The van der Waals surface area contributed by atoms with Crippen LogP contribution in [0.1, 0.15) is 17.3 Å². The minimum absolute atomic E-state index is 0.246. The molecular weight excluding hydrogens is 288 g/mol. The topological polar surface area (TPSA) is 94.6 Å². The Balaban J connectivity index is 2.14. The number of imide groups is 1.